The van der Waals surface area contributed by atoms with E-state index >= 15 is 4.39 Å². The monoisotopic (exact) mass is 611 g/mol. The molecule has 6 atom stereocenters. The third-order valence-corrected chi connectivity index (χ3v) is 13.2. The molecule has 8 nitrogen and oxygen atoms in total. The van der Waals surface area contributed by atoms with Crippen molar-refractivity contribution < 1.29 is 28.1 Å². The lowest BCUT2D eigenvalue weighted by Gasteiger charge is -2.36. The second-order valence-electron chi connectivity index (χ2n) is 12.4. The molecule has 0 spiro atoms. The number of nitrogens with zero attached hydrogens (tertiary/aromatic N) is 3. The number of aromatic nitrogens is 3. The number of benzene rings is 1. The molecule has 0 aliphatic carbocycles. The van der Waals surface area contributed by atoms with E-state index in [4.69, 9.17) is 41.8 Å². The van der Waals surface area contributed by atoms with Gasteiger partial charge in [0.25, 0.3) is 0 Å². The molecule has 0 radical (unpaired) electrons. The van der Waals surface area contributed by atoms with Crippen molar-refractivity contribution in [2.24, 2.45) is 0 Å². The Bertz CT molecular complexity index is 1400. The standard InChI is InChI=1S/C28H36Cl2FN3O5Si/c1-27(2,3)40(6,7)36-13-19(31)18-12-15(29)8-9-16(18)20(35)21-22-23(39-28(4,5)38-22)26(37-21)34-11-10-17-24(30)32-14-33-25(17)34/h8-12,14,19-23,26,35H,13H2,1-7H3/t19-,20+,21+,22+,23+,26?/m0/s1. The summed E-state index contributed by atoms with van der Waals surface area (Å²) < 4.78 is 42.7. The van der Waals surface area contributed by atoms with Crippen LogP contribution in [0.4, 0.5) is 4.39 Å². The van der Waals surface area contributed by atoms with Crippen LogP contribution in [0, 0.1) is 0 Å². The fourth-order valence-corrected chi connectivity index (χ4v) is 6.45. The van der Waals surface area contributed by atoms with Gasteiger partial charge in [0.2, 0.25) is 0 Å². The molecule has 0 bridgehead atoms. The van der Waals surface area contributed by atoms with Gasteiger partial charge in [-0.2, -0.15) is 0 Å². The average Bonchev–Trinajstić information content (AvgIpc) is 3.52. The van der Waals surface area contributed by atoms with E-state index in [1.165, 1.54) is 12.4 Å². The number of ether oxygens (including phenoxy) is 3. The Kier molecular flexibility index (Phi) is 7.89. The lowest BCUT2D eigenvalue weighted by Crippen LogP contribution is -2.41. The smallest absolute Gasteiger partial charge is 0.192 e. The van der Waals surface area contributed by atoms with E-state index in [1.807, 2.05) is 13.8 Å². The van der Waals surface area contributed by atoms with Crippen LogP contribution in [0.5, 0.6) is 0 Å². The Morgan fingerprint density at radius 3 is 2.52 bits per heavy atom. The predicted molar refractivity (Wildman–Crippen MR) is 154 cm³/mol. The Morgan fingerprint density at radius 2 is 1.82 bits per heavy atom. The molecule has 2 saturated heterocycles. The van der Waals surface area contributed by atoms with Crippen molar-refractivity contribution in [3.8, 4) is 0 Å². The summed E-state index contributed by atoms with van der Waals surface area (Å²) in [6.45, 7) is 13.9. The highest BCUT2D eigenvalue weighted by atomic mass is 35.5. The summed E-state index contributed by atoms with van der Waals surface area (Å²) in [6.07, 6.45) is -2.35. The van der Waals surface area contributed by atoms with Crippen LogP contribution in [0.15, 0.2) is 36.8 Å². The van der Waals surface area contributed by atoms with E-state index in [9.17, 15) is 5.11 Å². The number of aliphatic hydroxyl groups is 1. The highest BCUT2D eigenvalue weighted by molar-refractivity contribution is 6.74. The highest BCUT2D eigenvalue weighted by Crippen LogP contribution is 2.48. The Labute approximate surface area is 244 Å². The molecular weight excluding hydrogens is 576 g/mol. The molecule has 2 aliphatic rings. The maximum Gasteiger partial charge on any atom is 0.192 e. The molecule has 2 aliphatic heterocycles. The molecule has 1 aromatic carbocycles. The van der Waals surface area contributed by atoms with Gasteiger partial charge >= 0.3 is 0 Å². The molecule has 40 heavy (non-hydrogen) atoms. The van der Waals surface area contributed by atoms with Crippen molar-refractivity contribution in [2.45, 2.75) is 95.4 Å². The van der Waals surface area contributed by atoms with E-state index in [1.54, 1.807) is 29.0 Å². The summed E-state index contributed by atoms with van der Waals surface area (Å²) in [5.41, 5.74) is 1.17. The first-order chi connectivity index (χ1) is 18.6. The molecule has 2 aromatic heterocycles. The lowest BCUT2D eigenvalue weighted by molar-refractivity contribution is -0.207. The summed E-state index contributed by atoms with van der Waals surface area (Å²) in [7, 11) is -2.20. The van der Waals surface area contributed by atoms with Crippen LogP contribution in [0.25, 0.3) is 11.0 Å². The van der Waals surface area contributed by atoms with E-state index in [0.29, 0.717) is 26.8 Å². The number of aliphatic hydroxyl groups excluding tert-OH is 1. The second kappa shape index (κ2) is 10.6. The molecule has 12 heteroatoms. The Balaban J connectivity index is 1.46. The zero-order valence-electron chi connectivity index (χ0n) is 23.7. The second-order valence-corrected chi connectivity index (χ2v) is 18.0. The molecular formula is C28H36Cl2FN3O5Si. The number of fused-ring (bicyclic) bond motifs is 2. The zero-order chi connectivity index (χ0) is 29.2. The van der Waals surface area contributed by atoms with Crippen LogP contribution < -0.4 is 0 Å². The van der Waals surface area contributed by atoms with Gasteiger partial charge in [0.15, 0.2) is 20.3 Å². The minimum Gasteiger partial charge on any atom is -0.414 e. The van der Waals surface area contributed by atoms with Gasteiger partial charge in [0.05, 0.1) is 12.0 Å². The van der Waals surface area contributed by atoms with Crippen LogP contribution in [0.3, 0.4) is 0 Å². The van der Waals surface area contributed by atoms with Gasteiger partial charge < -0.3 is 28.3 Å². The molecule has 1 unspecified atom stereocenters. The number of hydrogen-bond donors (Lipinski definition) is 1. The maximum absolute atomic E-state index is 15.8. The molecule has 3 aromatic rings. The third-order valence-electron chi connectivity index (χ3n) is 8.21. The SMILES string of the molecule is CC1(C)O[C@@H]2[C@@H]([C@H](O)c3ccc(Cl)cc3[C@@H](F)CO[Si](C)(C)C(C)(C)C)OC(n3ccc4c(Cl)ncnc43)[C@@H]2O1. The van der Waals surface area contributed by atoms with Gasteiger partial charge in [0, 0.05) is 11.2 Å². The average molecular weight is 613 g/mol. The zero-order valence-corrected chi connectivity index (χ0v) is 26.2. The largest absolute Gasteiger partial charge is 0.414 e. The highest BCUT2D eigenvalue weighted by Gasteiger charge is 2.58. The fourth-order valence-electron chi connectivity index (χ4n) is 5.08. The van der Waals surface area contributed by atoms with Crippen LogP contribution in [0.1, 0.15) is 64.2 Å². The Hall–Kier alpha value is -1.63. The maximum atomic E-state index is 15.8. The van der Waals surface area contributed by atoms with Crippen molar-refractivity contribution in [3.05, 3.63) is 58.1 Å². The van der Waals surface area contributed by atoms with Gasteiger partial charge in [-0.05, 0) is 61.3 Å². The summed E-state index contributed by atoms with van der Waals surface area (Å²) in [6, 6.07) is 6.60. The molecule has 0 amide bonds. The summed E-state index contributed by atoms with van der Waals surface area (Å²) >= 11 is 12.6. The normalized spacial score (nSPS) is 26.3. The number of rotatable bonds is 7. The van der Waals surface area contributed by atoms with Crippen LogP contribution >= 0.6 is 23.2 Å². The van der Waals surface area contributed by atoms with Crippen molar-refractivity contribution in [1.82, 2.24) is 14.5 Å². The predicted octanol–water partition coefficient (Wildman–Crippen LogP) is 6.92. The molecule has 0 saturated carbocycles. The van der Waals surface area contributed by atoms with Gasteiger partial charge in [-0.1, -0.05) is 50.0 Å². The van der Waals surface area contributed by atoms with Gasteiger partial charge in [0.1, 0.15) is 47.7 Å². The Morgan fingerprint density at radius 1 is 1.12 bits per heavy atom. The molecule has 5 rings (SSSR count). The van der Waals surface area contributed by atoms with E-state index in [-0.39, 0.29) is 17.2 Å². The fraction of sp³-hybridized carbons (Fsp3) is 0.571. The van der Waals surface area contributed by atoms with E-state index < -0.39 is 50.9 Å². The van der Waals surface area contributed by atoms with Crippen molar-refractivity contribution >= 4 is 42.6 Å². The first-order valence-electron chi connectivity index (χ1n) is 13.3. The first-order valence-corrected chi connectivity index (χ1v) is 17.0. The number of alkyl halides is 1. The molecule has 218 valence electrons. The number of hydrogen-bond acceptors (Lipinski definition) is 7. The van der Waals surface area contributed by atoms with E-state index in [0.717, 1.165) is 0 Å². The van der Waals surface area contributed by atoms with Gasteiger partial charge in [-0.15, -0.1) is 0 Å². The quantitative estimate of drug-likeness (QED) is 0.229. The summed E-state index contributed by atoms with van der Waals surface area (Å²) in [4.78, 5) is 8.43. The third kappa shape index (κ3) is 5.45. The summed E-state index contributed by atoms with van der Waals surface area (Å²) in [5.74, 6) is -0.923. The topological polar surface area (TPSA) is 87.9 Å². The molecule has 4 heterocycles. The van der Waals surface area contributed by atoms with Gasteiger partial charge in [-0.3, -0.25) is 0 Å². The van der Waals surface area contributed by atoms with Crippen molar-refractivity contribution in [3.63, 3.8) is 0 Å². The minimum absolute atomic E-state index is 0.0739. The van der Waals surface area contributed by atoms with Crippen LogP contribution in [-0.2, 0) is 18.6 Å². The summed E-state index contributed by atoms with van der Waals surface area (Å²) in [5, 5.41) is 13.0. The van der Waals surface area contributed by atoms with Crippen molar-refractivity contribution in [2.75, 3.05) is 6.61 Å². The van der Waals surface area contributed by atoms with Crippen LogP contribution in [0.2, 0.25) is 28.3 Å². The minimum atomic E-state index is -2.20. The van der Waals surface area contributed by atoms with Crippen LogP contribution in [-0.4, -0.2) is 58.7 Å². The number of halogens is 3. The lowest BCUT2D eigenvalue weighted by atomic mass is 9.93. The van der Waals surface area contributed by atoms with Gasteiger partial charge in [-0.25, -0.2) is 14.4 Å². The first kappa shape index (κ1) is 29.8. The van der Waals surface area contributed by atoms with Crippen molar-refractivity contribution in [1.29, 1.82) is 0 Å². The molecule has 2 fully saturated rings. The van der Waals surface area contributed by atoms with E-state index in [2.05, 4.69) is 43.8 Å². The molecule has 1 N–H and O–H groups in total.